The summed E-state index contributed by atoms with van der Waals surface area (Å²) in [5.74, 6) is 0. The van der Waals surface area contributed by atoms with Crippen LogP contribution in [0.3, 0.4) is 0 Å². The van der Waals surface area contributed by atoms with Gasteiger partial charge in [0, 0.05) is 10.8 Å². The summed E-state index contributed by atoms with van der Waals surface area (Å²) in [7, 11) is 0. The lowest BCUT2D eigenvalue weighted by Gasteiger charge is -2.04. The molecule has 0 radical (unpaired) electrons. The van der Waals surface area contributed by atoms with E-state index in [1.54, 1.807) is 6.20 Å². The van der Waals surface area contributed by atoms with Crippen LogP contribution in [0.1, 0.15) is 0 Å². The molecular weight excluding hydrogens is 230 g/mol. The van der Waals surface area contributed by atoms with Crippen molar-refractivity contribution in [2.45, 2.75) is 0 Å². The molecule has 0 aliphatic heterocycles. The zero-order valence-corrected chi connectivity index (χ0v) is 9.02. The normalized spacial score (nSPS) is 11.3. The van der Waals surface area contributed by atoms with Gasteiger partial charge in [-0.1, -0.05) is 24.3 Å². The van der Waals surface area contributed by atoms with Crippen LogP contribution in [0.15, 0.2) is 30.5 Å². The molecule has 7 nitrogen and oxygen atoms in total. The zero-order valence-electron chi connectivity index (χ0n) is 9.02. The third-order valence-electron chi connectivity index (χ3n) is 2.89. The SMILES string of the molecule is c1ccc2c(c1)c1cnnnc1c1nnnnc21. The molecule has 0 N–H and O–H groups in total. The predicted molar refractivity (Wildman–Crippen MR) is 63.5 cm³/mol. The number of nitrogens with zero attached hydrogens (tertiary/aromatic N) is 7. The van der Waals surface area contributed by atoms with Crippen LogP contribution in [0.2, 0.25) is 0 Å². The molecule has 18 heavy (non-hydrogen) atoms. The Morgan fingerprint density at radius 1 is 0.611 bits per heavy atom. The Balaban J connectivity index is 2.46. The summed E-state index contributed by atoms with van der Waals surface area (Å²) in [6, 6.07) is 7.85. The Bertz CT molecular complexity index is 669. The van der Waals surface area contributed by atoms with E-state index in [4.69, 9.17) is 0 Å². The maximum atomic E-state index is 4.05. The lowest BCUT2D eigenvalue weighted by molar-refractivity contribution is 0.798. The summed E-state index contributed by atoms with van der Waals surface area (Å²) >= 11 is 0. The second-order valence-corrected chi connectivity index (χ2v) is 3.82. The highest BCUT2D eigenvalue weighted by Crippen LogP contribution is 2.29. The fraction of sp³-hybridized carbons (Fsp3) is 0. The first-order valence-electron chi connectivity index (χ1n) is 5.30. The first-order chi connectivity index (χ1) is 8.95. The Morgan fingerprint density at radius 3 is 2.17 bits per heavy atom. The summed E-state index contributed by atoms with van der Waals surface area (Å²) in [5, 5.41) is 29.6. The largest absolute Gasteiger partial charge is 0.144 e. The Morgan fingerprint density at radius 2 is 1.28 bits per heavy atom. The Hall–Kier alpha value is -2.83. The van der Waals surface area contributed by atoms with Crippen LogP contribution in [0.25, 0.3) is 32.7 Å². The molecular formula is C11H5N7. The summed E-state index contributed by atoms with van der Waals surface area (Å²) in [6.07, 6.45) is 1.67. The molecule has 0 atom stereocenters. The molecule has 84 valence electrons. The van der Waals surface area contributed by atoms with Crippen LogP contribution >= 0.6 is 0 Å². The molecule has 0 spiro atoms. The van der Waals surface area contributed by atoms with Gasteiger partial charge in [-0.25, -0.2) is 0 Å². The quantitative estimate of drug-likeness (QED) is 0.418. The van der Waals surface area contributed by atoms with E-state index >= 15 is 0 Å². The number of hydrogen-bond donors (Lipinski definition) is 0. The van der Waals surface area contributed by atoms with Gasteiger partial charge < -0.3 is 0 Å². The van der Waals surface area contributed by atoms with Crippen LogP contribution in [0.5, 0.6) is 0 Å². The van der Waals surface area contributed by atoms with Crippen molar-refractivity contribution in [3.05, 3.63) is 30.5 Å². The van der Waals surface area contributed by atoms with Crippen molar-refractivity contribution in [1.82, 2.24) is 36.0 Å². The molecule has 2 aromatic carbocycles. The summed E-state index contributed by atoms with van der Waals surface area (Å²) in [4.78, 5) is 0. The van der Waals surface area contributed by atoms with Crippen LogP contribution in [-0.2, 0) is 0 Å². The van der Waals surface area contributed by atoms with Gasteiger partial charge in [0.25, 0.3) is 0 Å². The second kappa shape index (κ2) is 3.33. The van der Waals surface area contributed by atoms with Gasteiger partial charge in [-0.2, -0.15) is 0 Å². The molecule has 0 fully saturated rings. The molecule has 0 aliphatic rings. The highest BCUT2D eigenvalue weighted by atomic mass is 15.4. The second-order valence-electron chi connectivity index (χ2n) is 3.82. The van der Waals surface area contributed by atoms with Gasteiger partial charge in [0.2, 0.25) is 0 Å². The van der Waals surface area contributed by atoms with Crippen LogP contribution in [0.4, 0.5) is 0 Å². The van der Waals surface area contributed by atoms with Crippen molar-refractivity contribution in [3.63, 3.8) is 0 Å². The molecule has 2 aromatic heterocycles. The Labute approximate surface area is 99.9 Å². The summed E-state index contributed by atoms with van der Waals surface area (Å²) in [6.45, 7) is 0. The fourth-order valence-corrected chi connectivity index (χ4v) is 2.13. The molecule has 4 aromatic rings. The number of fused-ring (bicyclic) bond motifs is 6. The number of hydrogen-bond acceptors (Lipinski definition) is 7. The molecule has 0 saturated heterocycles. The third-order valence-corrected chi connectivity index (χ3v) is 2.89. The van der Waals surface area contributed by atoms with Crippen molar-refractivity contribution in [3.8, 4) is 0 Å². The number of rotatable bonds is 0. The number of aromatic nitrogens is 7. The lowest BCUT2D eigenvalue weighted by Crippen LogP contribution is -1.97. The van der Waals surface area contributed by atoms with Gasteiger partial charge in [-0.15, -0.1) is 20.4 Å². The van der Waals surface area contributed by atoms with E-state index in [9.17, 15) is 0 Å². The highest BCUT2D eigenvalue weighted by molar-refractivity contribution is 6.21. The van der Waals surface area contributed by atoms with Gasteiger partial charge in [0.15, 0.2) is 0 Å². The van der Waals surface area contributed by atoms with Crippen molar-refractivity contribution in [2.75, 3.05) is 0 Å². The fourth-order valence-electron chi connectivity index (χ4n) is 2.13. The van der Waals surface area contributed by atoms with E-state index in [-0.39, 0.29) is 0 Å². The van der Waals surface area contributed by atoms with Gasteiger partial charge in [-0.3, -0.25) is 0 Å². The van der Waals surface area contributed by atoms with Crippen LogP contribution in [0, 0.1) is 0 Å². The van der Waals surface area contributed by atoms with Gasteiger partial charge in [0.05, 0.1) is 6.20 Å². The van der Waals surface area contributed by atoms with Crippen LogP contribution in [-0.4, -0.2) is 36.0 Å². The molecule has 0 amide bonds. The maximum absolute atomic E-state index is 4.05. The lowest BCUT2D eigenvalue weighted by atomic mass is 10.0. The minimum absolute atomic E-state index is 0.591. The maximum Gasteiger partial charge on any atom is 0.144 e. The van der Waals surface area contributed by atoms with E-state index in [1.165, 1.54) is 0 Å². The van der Waals surface area contributed by atoms with E-state index in [1.807, 2.05) is 24.3 Å². The molecule has 0 saturated carbocycles. The van der Waals surface area contributed by atoms with Crippen molar-refractivity contribution in [2.24, 2.45) is 0 Å². The molecule has 0 bridgehead atoms. The van der Waals surface area contributed by atoms with E-state index in [0.717, 1.165) is 16.2 Å². The smallest absolute Gasteiger partial charge is 0.138 e. The van der Waals surface area contributed by atoms with Gasteiger partial charge in [0.1, 0.15) is 16.6 Å². The molecule has 4 rings (SSSR count). The van der Waals surface area contributed by atoms with E-state index in [0.29, 0.717) is 16.6 Å². The molecule has 0 unspecified atom stereocenters. The first kappa shape index (κ1) is 9.23. The standard InChI is InChI=1S/C11H5N7/c1-2-4-7-6(3-1)8-5-12-16-13-10(8)11-9(7)14-17-18-15-11/h1-5H. The predicted octanol–water partition coefficient (Wildman–Crippen LogP) is 0.911. The van der Waals surface area contributed by atoms with Crippen molar-refractivity contribution in [1.29, 1.82) is 0 Å². The average molecular weight is 235 g/mol. The van der Waals surface area contributed by atoms with E-state index in [2.05, 4.69) is 36.0 Å². The molecule has 0 aliphatic carbocycles. The van der Waals surface area contributed by atoms with Crippen LogP contribution < -0.4 is 0 Å². The van der Waals surface area contributed by atoms with Crippen molar-refractivity contribution >= 4 is 32.7 Å². The third kappa shape index (κ3) is 1.10. The highest BCUT2D eigenvalue weighted by Gasteiger charge is 2.12. The molecule has 2 heterocycles. The topological polar surface area (TPSA) is 90.2 Å². The average Bonchev–Trinajstić information content (AvgIpc) is 2.48. The minimum Gasteiger partial charge on any atom is -0.138 e. The van der Waals surface area contributed by atoms with Gasteiger partial charge >= 0.3 is 0 Å². The molecule has 7 heteroatoms. The van der Waals surface area contributed by atoms with Crippen molar-refractivity contribution < 1.29 is 0 Å². The monoisotopic (exact) mass is 235 g/mol. The van der Waals surface area contributed by atoms with Gasteiger partial charge in [-0.05, 0) is 21.0 Å². The summed E-state index contributed by atoms with van der Waals surface area (Å²) < 4.78 is 0. The summed E-state index contributed by atoms with van der Waals surface area (Å²) in [5.41, 5.74) is 1.91. The zero-order chi connectivity index (χ0) is 11.9. The number of benzene rings is 2. The minimum atomic E-state index is 0.591. The van der Waals surface area contributed by atoms with E-state index < -0.39 is 0 Å². The first-order valence-corrected chi connectivity index (χ1v) is 5.30. The Kier molecular flexibility index (Phi) is 1.71.